The Bertz CT molecular complexity index is 1140. The van der Waals surface area contributed by atoms with Gasteiger partial charge in [0.1, 0.15) is 18.1 Å². The van der Waals surface area contributed by atoms with E-state index in [1.54, 1.807) is 43.3 Å². The van der Waals surface area contributed by atoms with Crippen molar-refractivity contribution in [3.63, 3.8) is 0 Å². The van der Waals surface area contributed by atoms with E-state index in [0.29, 0.717) is 28.3 Å². The Morgan fingerprint density at radius 2 is 2.03 bits per heavy atom. The minimum atomic E-state index is -0.614. The van der Waals surface area contributed by atoms with Crippen molar-refractivity contribution >= 4 is 12.1 Å². The fourth-order valence-corrected chi connectivity index (χ4v) is 2.57. The van der Waals surface area contributed by atoms with Crippen LogP contribution in [0.2, 0.25) is 0 Å². The zero-order valence-electron chi connectivity index (χ0n) is 16.3. The number of amides is 1. The fraction of sp³-hybridized carbons (Fsp3) is 0.143. The third-order valence-electron chi connectivity index (χ3n) is 4.02. The number of aromatic amines is 1. The van der Waals surface area contributed by atoms with Gasteiger partial charge < -0.3 is 14.5 Å². The molecule has 0 bridgehead atoms. The van der Waals surface area contributed by atoms with Crippen molar-refractivity contribution in [3.8, 4) is 11.5 Å². The number of ether oxygens (including phenoxy) is 2. The number of H-pyrrole nitrogens is 1. The molecule has 8 nitrogen and oxygen atoms in total. The minimum Gasteiger partial charge on any atom is -0.493 e. The Balaban J connectivity index is 1.66. The standard InChI is InChI=1S/C21H19FN4O4/c1-13-9-17(25-21(28)24-13)20(27)26-23-11-14-7-8-18(19(10-14)29-2)30-12-15-5-3-4-6-16(15)22/h3-11H,12H2,1-2H3,(H,26,27)(H,24,25,28)/b23-11+. The highest BCUT2D eigenvalue weighted by Gasteiger charge is 2.09. The van der Waals surface area contributed by atoms with Gasteiger partial charge in [0.15, 0.2) is 11.5 Å². The molecule has 0 aliphatic carbocycles. The van der Waals surface area contributed by atoms with Gasteiger partial charge in [0.25, 0.3) is 5.91 Å². The van der Waals surface area contributed by atoms with Gasteiger partial charge in [-0.3, -0.25) is 4.79 Å². The van der Waals surface area contributed by atoms with Gasteiger partial charge in [-0.05, 0) is 42.8 Å². The van der Waals surface area contributed by atoms with Crippen LogP contribution in [-0.2, 0) is 6.61 Å². The molecule has 3 rings (SSSR count). The lowest BCUT2D eigenvalue weighted by molar-refractivity contribution is 0.0949. The molecule has 30 heavy (non-hydrogen) atoms. The first-order chi connectivity index (χ1) is 14.5. The van der Waals surface area contributed by atoms with Crippen molar-refractivity contribution in [2.75, 3.05) is 7.11 Å². The van der Waals surface area contributed by atoms with Crippen LogP contribution in [0, 0.1) is 12.7 Å². The lowest BCUT2D eigenvalue weighted by Crippen LogP contribution is -2.24. The van der Waals surface area contributed by atoms with Crippen molar-refractivity contribution in [1.82, 2.24) is 15.4 Å². The van der Waals surface area contributed by atoms with Crippen LogP contribution in [0.1, 0.15) is 27.3 Å². The van der Waals surface area contributed by atoms with Gasteiger partial charge in [-0.25, -0.2) is 14.6 Å². The molecule has 0 fully saturated rings. The molecule has 0 unspecified atom stereocenters. The highest BCUT2D eigenvalue weighted by Crippen LogP contribution is 2.28. The van der Waals surface area contributed by atoms with E-state index in [0.717, 1.165) is 0 Å². The van der Waals surface area contributed by atoms with Crippen LogP contribution in [-0.4, -0.2) is 29.2 Å². The first kappa shape index (κ1) is 20.7. The van der Waals surface area contributed by atoms with Crippen molar-refractivity contribution in [1.29, 1.82) is 0 Å². The molecule has 3 aromatic rings. The molecular weight excluding hydrogens is 391 g/mol. The quantitative estimate of drug-likeness (QED) is 0.460. The van der Waals surface area contributed by atoms with Crippen LogP contribution in [0.4, 0.5) is 4.39 Å². The summed E-state index contributed by atoms with van der Waals surface area (Å²) >= 11 is 0. The maximum absolute atomic E-state index is 13.7. The smallest absolute Gasteiger partial charge is 0.345 e. The molecule has 0 aliphatic rings. The summed E-state index contributed by atoms with van der Waals surface area (Å²) in [6.07, 6.45) is 1.40. The molecule has 0 saturated carbocycles. The first-order valence-corrected chi connectivity index (χ1v) is 8.92. The highest BCUT2D eigenvalue weighted by molar-refractivity contribution is 5.93. The number of hydrogen-bond donors (Lipinski definition) is 2. The van der Waals surface area contributed by atoms with Crippen molar-refractivity contribution in [2.45, 2.75) is 13.5 Å². The number of aryl methyl sites for hydroxylation is 1. The third kappa shape index (κ3) is 5.28. The van der Waals surface area contributed by atoms with Gasteiger partial charge in [-0.1, -0.05) is 18.2 Å². The second kappa shape index (κ2) is 9.46. The third-order valence-corrected chi connectivity index (χ3v) is 4.02. The summed E-state index contributed by atoms with van der Waals surface area (Å²) < 4.78 is 24.7. The Labute approximate surface area is 171 Å². The van der Waals surface area contributed by atoms with E-state index < -0.39 is 11.6 Å². The molecule has 1 heterocycles. The zero-order valence-corrected chi connectivity index (χ0v) is 16.3. The normalized spacial score (nSPS) is 10.8. The zero-order chi connectivity index (χ0) is 21.5. The maximum Gasteiger partial charge on any atom is 0.345 e. The van der Waals surface area contributed by atoms with Crippen LogP contribution >= 0.6 is 0 Å². The second-order valence-electron chi connectivity index (χ2n) is 6.24. The van der Waals surface area contributed by atoms with Gasteiger partial charge in [-0.15, -0.1) is 0 Å². The van der Waals surface area contributed by atoms with Crippen molar-refractivity contribution in [2.24, 2.45) is 5.10 Å². The Hall–Kier alpha value is -4.01. The highest BCUT2D eigenvalue weighted by atomic mass is 19.1. The Kier molecular flexibility index (Phi) is 6.53. The van der Waals surface area contributed by atoms with E-state index in [-0.39, 0.29) is 18.1 Å². The largest absolute Gasteiger partial charge is 0.493 e. The van der Waals surface area contributed by atoms with Crippen molar-refractivity contribution < 1.29 is 18.7 Å². The lowest BCUT2D eigenvalue weighted by atomic mass is 10.2. The summed E-state index contributed by atoms with van der Waals surface area (Å²) in [5, 5.41) is 3.86. The molecule has 0 spiro atoms. The summed E-state index contributed by atoms with van der Waals surface area (Å²) in [5.74, 6) is -0.100. The van der Waals surface area contributed by atoms with E-state index in [4.69, 9.17) is 9.47 Å². The van der Waals surface area contributed by atoms with Crippen LogP contribution in [0.5, 0.6) is 11.5 Å². The number of nitrogens with zero attached hydrogens (tertiary/aromatic N) is 2. The Morgan fingerprint density at radius 3 is 2.77 bits per heavy atom. The van der Waals surface area contributed by atoms with E-state index in [1.165, 1.54) is 25.5 Å². The monoisotopic (exact) mass is 410 g/mol. The van der Waals surface area contributed by atoms with Crippen LogP contribution in [0.15, 0.2) is 58.4 Å². The van der Waals surface area contributed by atoms with Crippen LogP contribution in [0.25, 0.3) is 0 Å². The molecule has 9 heteroatoms. The number of carbonyl (C=O) groups excluding carboxylic acids is 1. The predicted molar refractivity (Wildman–Crippen MR) is 108 cm³/mol. The van der Waals surface area contributed by atoms with Gasteiger partial charge in [0.2, 0.25) is 0 Å². The first-order valence-electron chi connectivity index (χ1n) is 8.92. The van der Waals surface area contributed by atoms with Gasteiger partial charge in [0, 0.05) is 11.3 Å². The molecule has 0 atom stereocenters. The average molecular weight is 410 g/mol. The molecule has 2 aromatic carbocycles. The number of rotatable bonds is 7. The topological polar surface area (TPSA) is 106 Å². The Morgan fingerprint density at radius 1 is 1.23 bits per heavy atom. The number of benzene rings is 2. The van der Waals surface area contributed by atoms with E-state index in [2.05, 4.69) is 20.5 Å². The van der Waals surface area contributed by atoms with Crippen LogP contribution < -0.4 is 20.6 Å². The fourth-order valence-electron chi connectivity index (χ4n) is 2.57. The summed E-state index contributed by atoms with van der Waals surface area (Å²) in [4.78, 5) is 29.4. The van der Waals surface area contributed by atoms with Crippen LogP contribution in [0.3, 0.4) is 0 Å². The molecule has 2 N–H and O–H groups in total. The average Bonchev–Trinajstić information content (AvgIpc) is 2.72. The number of aromatic nitrogens is 2. The molecule has 1 aromatic heterocycles. The number of halogens is 1. The number of nitrogens with one attached hydrogen (secondary N) is 2. The minimum absolute atomic E-state index is 0.0390. The van der Waals surface area contributed by atoms with Gasteiger partial charge >= 0.3 is 5.69 Å². The van der Waals surface area contributed by atoms with E-state index in [9.17, 15) is 14.0 Å². The lowest BCUT2D eigenvalue weighted by Gasteiger charge is -2.11. The summed E-state index contributed by atoms with van der Waals surface area (Å²) in [6.45, 7) is 1.69. The van der Waals surface area contributed by atoms with E-state index in [1.807, 2.05) is 0 Å². The molecular formula is C21H19FN4O4. The maximum atomic E-state index is 13.7. The summed E-state index contributed by atoms with van der Waals surface area (Å²) in [7, 11) is 1.48. The molecule has 154 valence electrons. The molecule has 0 saturated heterocycles. The molecule has 0 aliphatic heterocycles. The number of carbonyl (C=O) groups is 1. The molecule has 0 radical (unpaired) electrons. The summed E-state index contributed by atoms with van der Waals surface area (Å²) in [6, 6.07) is 12.8. The molecule has 1 amide bonds. The van der Waals surface area contributed by atoms with Gasteiger partial charge in [0.05, 0.1) is 13.3 Å². The number of methoxy groups -OCH3 is 1. The summed E-state index contributed by atoms with van der Waals surface area (Å²) in [5.41, 5.74) is 3.22. The van der Waals surface area contributed by atoms with Crippen molar-refractivity contribution in [3.05, 3.63) is 87.3 Å². The number of hydrazone groups is 1. The predicted octanol–water partition coefficient (Wildman–Crippen LogP) is 2.57. The second-order valence-corrected chi connectivity index (χ2v) is 6.24. The van der Waals surface area contributed by atoms with E-state index >= 15 is 0 Å². The number of hydrogen-bond acceptors (Lipinski definition) is 6. The van der Waals surface area contributed by atoms with Gasteiger partial charge in [-0.2, -0.15) is 10.1 Å². The SMILES string of the molecule is COc1cc(/C=N/NC(=O)c2cc(C)[nH]c(=O)n2)ccc1OCc1ccccc1F.